The number of carbonyl (C=O) groups excluding carboxylic acids is 1. The van der Waals surface area contributed by atoms with Gasteiger partial charge in [0.25, 0.3) is 0 Å². The Morgan fingerprint density at radius 3 is 1.89 bits per heavy atom. The summed E-state index contributed by atoms with van der Waals surface area (Å²) in [5, 5.41) is 0. The Morgan fingerprint density at radius 2 is 1.31 bits per heavy atom. The van der Waals surface area contributed by atoms with Crippen LogP contribution in [0.4, 0.5) is 0 Å². The Kier molecular flexibility index (Phi) is 8.92. The van der Waals surface area contributed by atoms with Gasteiger partial charge in [0.1, 0.15) is 19.0 Å². The van der Waals surface area contributed by atoms with Crippen molar-refractivity contribution in [2.24, 2.45) is 0 Å². The molecular weight excluding hydrogens is 444 g/mol. The molecule has 3 atom stereocenters. The van der Waals surface area contributed by atoms with E-state index in [9.17, 15) is 4.79 Å². The third-order valence-electron chi connectivity index (χ3n) is 5.52. The third-order valence-corrected chi connectivity index (χ3v) is 5.52. The molecule has 1 aliphatic heterocycles. The lowest BCUT2D eigenvalue weighted by Crippen LogP contribution is -2.49. The van der Waals surface area contributed by atoms with Crippen LogP contribution in [0.25, 0.3) is 0 Å². The third kappa shape index (κ3) is 7.44. The molecular formula is C29H30O6. The molecule has 0 saturated heterocycles. The van der Waals surface area contributed by atoms with Crippen molar-refractivity contribution in [2.75, 3.05) is 6.61 Å². The molecule has 3 aromatic carbocycles. The van der Waals surface area contributed by atoms with E-state index in [1.165, 1.54) is 13.2 Å². The van der Waals surface area contributed by atoms with E-state index < -0.39 is 24.3 Å². The van der Waals surface area contributed by atoms with E-state index in [1.807, 2.05) is 91.0 Å². The lowest BCUT2D eigenvalue weighted by atomic mass is 10.0. The molecule has 4 rings (SSSR count). The first kappa shape index (κ1) is 24.5. The van der Waals surface area contributed by atoms with Crippen LogP contribution in [0.3, 0.4) is 0 Å². The van der Waals surface area contributed by atoms with E-state index in [1.54, 1.807) is 0 Å². The van der Waals surface area contributed by atoms with Crippen LogP contribution in [0.15, 0.2) is 103 Å². The molecule has 0 spiro atoms. The second-order valence-electron chi connectivity index (χ2n) is 8.26. The fourth-order valence-electron chi connectivity index (χ4n) is 3.78. The minimum Gasteiger partial charge on any atom is -0.489 e. The minimum atomic E-state index is -0.765. The SMILES string of the molecule is CC(=O)O[C@@H]1C(OCc2ccccc2)=CO[C@H](COCc2ccccc2)[C@H]1OCc1ccccc1. The fourth-order valence-corrected chi connectivity index (χ4v) is 3.78. The highest BCUT2D eigenvalue weighted by molar-refractivity contribution is 5.66. The standard InChI is InChI=1S/C29H30O6/c1-22(30)35-29-27(32-18-24-13-7-3-8-14-24)21-33-26(20-31-17-23-11-5-2-6-12-23)28(29)34-19-25-15-9-4-10-16-25/h2-16,21,26,28-29H,17-20H2,1H3/t26-,28-,29-/m1/s1. The minimum absolute atomic E-state index is 0.259. The van der Waals surface area contributed by atoms with Crippen LogP contribution in [0.1, 0.15) is 23.6 Å². The van der Waals surface area contributed by atoms with Crippen LogP contribution in [0, 0.1) is 0 Å². The number of benzene rings is 3. The summed E-state index contributed by atoms with van der Waals surface area (Å²) < 4.78 is 29.9. The highest BCUT2D eigenvalue weighted by atomic mass is 16.6. The molecule has 0 unspecified atom stereocenters. The molecule has 0 fully saturated rings. The highest BCUT2D eigenvalue weighted by Crippen LogP contribution is 2.28. The molecule has 0 saturated carbocycles. The second-order valence-corrected chi connectivity index (χ2v) is 8.26. The average molecular weight is 475 g/mol. The van der Waals surface area contributed by atoms with Crippen molar-refractivity contribution in [3.05, 3.63) is 120 Å². The molecule has 0 aliphatic carbocycles. The zero-order chi connectivity index (χ0) is 24.3. The number of rotatable bonds is 11. The Bertz CT molecular complexity index is 1070. The van der Waals surface area contributed by atoms with Crippen molar-refractivity contribution in [3.63, 3.8) is 0 Å². The van der Waals surface area contributed by atoms with E-state index in [-0.39, 0.29) is 6.61 Å². The predicted octanol–water partition coefficient (Wildman–Crippen LogP) is 5.18. The van der Waals surface area contributed by atoms with Gasteiger partial charge in [0.2, 0.25) is 0 Å². The summed E-state index contributed by atoms with van der Waals surface area (Å²) in [6, 6.07) is 29.5. The molecule has 0 radical (unpaired) electrons. The van der Waals surface area contributed by atoms with E-state index in [0.29, 0.717) is 25.6 Å². The Balaban J connectivity index is 1.49. The number of esters is 1. The predicted molar refractivity (Wildman–Crippen MR) is 131 cm³/mol. The van der Waals surface area contributed by atoms with Gasteiger partial charge in [-0.25, -0.2) is 0 Å². The topological polar surface area (TPSA) is 63.2 Å². The highest BCUT2D eigenvalue weighted by Gasteiger charge is 2.41. The van der Waals surface area contributed by atoms with Gasteiger partial charge in [-0.1, -0.05) is 91.0 Å². The maximum Gasteiger partial charge on any atom is 0.303 e. The van der Waals surface area contributed by atoms with E-state index in [2.05, 4.69) is 0 Å². The van der Waals surface area contributed by atoms with Crippen molar-refractivity contribution in [2.45, 2.75) is 45.1 Å². The summed E-state index contributed by atoms with van der Waals surface area (Å²) in [6.07, 6.45) is -0.365. The summed E-state index contributed by atoms with van der Waals surface area (Å²) in [7, 11) is 0. The molecule has 6 heteroatoms. The zero-order valence-electron chi connectivity index (χ0n) is 19.7. The van der Waals surface area contributed by atoms with Crippen molar-refractivity contribution in [3.8, 4) is 0 Å². The molecule has 0 bridgehead atoms. The van der Waals surface area contributed by atoms with Crippen molar-refractivity contribution < 1.29 is 28.5 Å². The van der Waals surface area contributed by atoms with Gasteiger partial charge in [0.05, 0.1) is 19.8 Å². The lowest BCUT2D eigenvalue weighted by molar-refractivity contribution is -0.178. The first-order chi connectivity index (χ1) is 17.2. The van der Waals surface area contributed by atoms with Crippen LogP contribution in [0.2, 0.25) is 0 Å². The summed E-state index contributed by atoms with van der Waals surface area (Å²) >= 11 is 0. The van der Waals surface area contributed by atoms with Gasteiger partial charge in [-0.2, -0.15) is 0 Å². The quantitative estimate of drug-likeness (QED) is 0.357. The van der Waals surface area contributed by atoms with E-state index in [0.717, 1.165) is 16.7 Å². The number of carbonyl (C=O) groups is 1. The summed E-state index contributed by atoms with van der Waals surface area (Å²) in [5.41, 5.74) is 3.05. The van der Waals surface area contributed by atoms with Crippen LogP contribution >= 0.6 is 0 Å². The number of ether oxygens (including phenoxy) is 5. The van der Waals surface area contributed by atoms with Crippen molar-refractivity contribution in [1.82, 2.24) is 0 Å². The maximum atomic E-state index is 12.0. The summed E-state index contributed by atoms with van der Waals surface area (Å²) in [4.78, 5) is 12.0. The van der Waals surface area contributed by atoms with Gasteiger partial charge in [-0.3, -0.25) is 4.79 Å². The van der Waals surface area contributed by atoms with Gasteiger partial charge in [-0.05, 0) is 16.7 Å². The lowest BCUT2D eigenvalue weighted by Gasteiger charge is -2.36. The number of hydrogen-bond donors (Lipinski definition) is 0. The van der Waals surface area contributed by atoms with Crippen LogP contribution < -0.4 is 0 Å². The summed E-state index contributed by atoms with van der Waals surface area (Å²) in [6.45, 7) is 2.71. The Morgan fingerprint density at radius 1 is 0.771 bits per heavy atom. The Hall–Kier alpha value is -3.61. The average Bonchev–Trinajstić information content (AvgIpc) is 2.89. The van der Waals surface area contributed by atoms with Crippen LogP contribution in [0.5, 0.6) is 0 Å². The second kappa shape index (κ2) is 12.7. The molecule has 35 heavy (non-hydrogen) atoms. The molecule has 1 heterocycles. The van der Waals surface area contributed by atoms with Gasteiger partial charge in [0.15, 0.2) is 18.0 Å². The largest absolute Gasteiger partial charge is 0.489 e. The molecule has 0 N–H and O–H groups in total. The smallest absolute Gasteiger partial charge is 0.303 e. The number of hydrogen-bond acceptors (Lipinski definition) is 6. The van der Waals surface area contributed by atoms with Crippen LogP contribution in [-0.4, -0.2) is 30.9 Å². The van der Waals surface area contributed by atoms with E-state index >= 15 is 0 Å². The first-order valence-corrected chi connectivity index (χ1v) is 11.7. The molecule has 6 nitrogen and oxygen atoms in total. The van der Waals surface area contributed by atoms with Crippen molar-refractivity contribution >= 4 is 5.97 Å². The molecule has 1 aliphatic rings. The van der Waals surface area contributed by atoms with Crippen molar-refractivity contribution in [1.29, 1.82) is 0 Å². The maximum absolute atomic E-state index is 12.0. The monoisotopic (exact) mass is 474 g/mol. The zero-order valence-corrected chi connectivity index (χ0v) is 19.7. The molecule has 3 aromatic rings. The normalized spacial score (nSPS) is 19.3. The molecule has 0 amide bonds. The van der Waals surface area contributed by atoms with Gasteiger partial charge < -0.3 is 23.7 Å². The first-order valence-electron chi connectivity index (χ1n) is 11.7. The van der Waals surface area contributed by atoms with Gasteiger partial charge in [0, 0.05) is 6.92 Å². The van der Waals surface area contributed by atoms with Gasteiger partial charge in [-0.15, -0.1) is 0 Å². The summed E-state index contributed by atoms with van der Waals surface area (Å²) in [5.74, 6) is -0.0233. The Labute approximate surface area is 206 Å². The molecule has 182 valence electrons. The fraction of sp³-hybridized carbons (Fsp3) is 0.276. The van der Waals surface area contributed by atoms with Gasteiger partial charge >= 0.3 is 5.97 Å². The van der Waals surface area contributed by atoms with Crippen LogP contribution in [-0.2, 0) is 48.3 Å². The van der Waals surface area contributed by atoms with E-state index in [4.69, 9.17) is 23.7 Å². The molecule has 0 aromatic heterocycles.